The Balaban J connectivity index is 1.56. The standard InChI is InChI=1S/C30H21Cl2FN4O3/c31-21-10-13-25(26(32)16-21)29(38)35-27(30(39)34-17-24-7-4-14-40-24)15-20-18-37(23-5-2-1-3-6-23)36-28(20)19-8-11-22(33)12-9-19/h1-16,18H,17H2,(H,34,39)(H,35,38). The molecule has 0 aliphatic heterocycles. The Morgan fingerprint density at radius 2 is 1.75 bits per heavy atom. The maximum Gasteiger partial charge on any atom is 0.268 e. The van der Waals surface area contributed by atoms with Crippen LogP contribution in [0.15, 0.2) is 108 Å². The van der Waals surface area contributed by atoms with Gasteiger partial charge in [-0.3, -0.25) is 9.59 Å². The molecule has 0 bridgehead atoms. The normalized spacial score (nSPS) is 11.3. The van der Waals surface area contributed by atoms with E-state index in [1.165, 1.54) is 42.7 Å². The van der Waals surface area contributed by atoms with E-state index in [0.29, 0.717) is 27.6 Å². The molecule has 2 amide bonds. The number of nitrogens with one attached hydrogen (secondary N) is 2. The molecule has 0 aliphatic carbocycles. The molecule has 10 heteroatoms. The minimum absolute atomic E-state index is 0.0708. The largest absolute Gasteiger partial charge is 0.467 e. The van der Waals surface area contributed by atoms with Gasteiger partial charge >= 0.3 is 0 Å². The summed E-state index contributed by atoms with van der Waals surface area (Å²) in [5.41, 5.74) is 2.42. The van der Waals surface area contributed by atoms with E-state index in [1.54, 1.807) is 35.1 Å². The number of hydrogen-bond donors (Lipinski definition) is 2. The van der Waals surface area contributed by atoms with Crippen LogP contribution in [0.1, 0.15) is 21.7 Å². The van der Waals surface area contributed by atoms with Gasteiger partial charge in [-0.15, -0.1) is 0 Å². The molecule has 0 radical (unpaired) electrons. The monoisotopic (exact) mass is 574 g/mol. The number of nitrogens with zero attached hydrogens (tertiary/aromatic N) is 2. The highest BCUT2D eigenvalue weighted by Crippen LogP contribution is 2.27. The van der Waals surface area contributed by atoms with Gasteiger partial charge in [0.1, 0.15) is 23.0 Å². The zero-order valence-electron chi connectivity index (χ0n) is 20.8. The van der Waals surface area contributed by atoms with Crippen LogP contribution >= 0.6 is 23.2 Å². The Morgan fingerprint density at radius 1 is 0.975 bits per heavy atom. The molecular formula is C30H21Cl2FN4O3. The Labute approximate surface area is 238 Å². The van der Waals surface area contributed by atoms with Gasteiger partial charge in [0.2, 0.25) is 0 Å². The molecule has 0 unspecified atom stereocenters. The number of benzene rings is 3. The maximum atomic E-state index is 13.7. The highest BCUT2D eigenvalue weighted by molar-refractivity contribution is 6.36. The fourth-order valence-electron chi connectivity index (χ4n) is 3.89. The molecule has 0 fully saturated rings. The SMILES string of the molecule is O=C(NCc1ccco1)C(=Cc1cn(-c2ccccc2)nc1-c1ccc(F)cc1)NC(=O)c1ccc(Cl)cc1Cl. The summed E-state index contributed by atoms with van der Waals surface area (Å²) in [6, 6.07) is 23.0. The first-order chi connectivity index (χ1) is 19.4. The van der Waals surface area contributed by atoms with Crippen molar-refractivity contribution in [2.75, 3.05) is 0 Å². The van der Waals surface area contributed by atoms with Gasteiger partial charge < -0.3 is 15.1 Å². The lowest BCUT2D eigenvalue weighted by molar-refractivity contribution is -0.118. The number of aromatic nitrogens is 2. The molecule has 2 N–H and O–H groups in total. The summed E-state index contributed by atoms with van der Waals surface area (Å²) in [7, 11) is 0. The second kappa shape index (κ2) is 12.0. The fraction of sp³-hybridized carbons (Fsp3) is 0.0333. The van der Waals surface area contributed by atoms with E-state index in [4.69, 9.17) is 32.7 Å². The van der Waals surface area contributed by atoms with E-state index in [0.717, 1.165) is 5.69 Å². The van der Waals surface area contributed by atoms with Gasteiger partial charge in [-0.05, 0) is 72.8 Å². The van der Waals surface area contributed by atoms with E-state index < -0.39 is 17.6 Å². The number of carbonyl (C=O) groups excluding carboxylic acids is 2. The molecule has 7 nitrogen and oxygen atoms in total. The predicted octanol–water partition coefficient (Wildman–Crippen LogP) is 6.67. The van der Waals surface area contributed by atoms with Crippen molar-refractivity contribution in [3.8, 4) is 16.9 Å². The molecule has 0 atom stereocenters. The van der Waals surface area contributed by atoms with Crippen LogP contribution in [0.3, 0.4) is 0 Å². The van der Waals surface area contributed by atoms with Gasteiger partial charge in [0.25, 0.3) is 11.8 Å². The molecule has 0 saturated carbocycles. The highest BCUT2D eigenvalue weighted by atomic mass is 35.5. The van der Waals surface area contributed by atoms with E-state index in [9.17, 15) is 14.0 Å². The molecule has 40 heavy (non-hydrogen) atoms. The molecule has 200 valence electrons. The highest BCUT2D eigenvalue weighted by Gasteiger charge is 2.20. The Morgan fingerprint density at radius 3 is 2.45 bits per heavy atom. The van der Waals surface area contributed by atoms with Gasteiger partial charge in [-0.2, -0.15) is 5.10 Å². The zero-order valence-corrected chi connectivity index (χ0v) is 22.3. The summed E-state index contributed by atoms with van der Waals surface area (Å²) in [6.45, 7) is 0.0921. The van der Waals surface area contributed by atoms with E-state index >= 15 is 0 Å². The lowest BCUT2D eigenvalue weighted by Gasteiger charge is -2.12. The number of furan rings is 1. The number of hydrogen-bond acceptors (Lipinski definition) is 4. The van der Waals surface area contributed by atoms with E-state index in [1.807, 2.05) is 30.3 Å². The molecule has 3 aromatic carbocycles. The van der Waals surface area contributed by atoms with Crippen molar-refractivity contribution in [3.05, 3.63) is 136 Å². The Bertz CT molecular complexity index is 1680. The Kier molecular flexibility index (Phi) is 8.10. The topological polar surface area (TPSA) is 89.2 Å². The van der Waals surface area contributed by atoms with Crippen LogP contribution in [-0.4, -0.2) is 21.6 Å². The average Bonchev–Trinajstić information content (AvgIpc) is 3.63. The van der Waals surface area contributed by atoms with E-state index in [2.05, 4.69) is 10.6 Å². The predicted molar refractivity (Wildman–Crippen MR) is 151 cm³/mol. The number of para-hydroxylation sites is 1. The van der Waals surface area contributed by atoms with Crippen LogP contribution in [0, 0.1) is 5.82 Å². The van der Waals surface area contributed by atoms with Crippen molar-refractivity contribution in [3.63, 3.8) is 0 Å². The third-order valence-corrected chi connectivity index (χ3v) is 6.40. The second-order valence-corrected chi connectivity index (χ2v) is 9.46. The van der Waals surface area contributed by atoms with Crippen molar-refractivity contribution in [1.29, 1.82) is 0 Å². The molecule has 5 aromatic rings. The first-order valence-electron chi connectivity index (χ1n) is 12.1. The van der Waals surface area contributed by atoms with Crippen LogP contribution in [-0.2, 0) is 11.3 Å². The number of rotatable bonds is 8. The second-order valence-electron chi connectivity index (χ2n) is 8.62. The van der Waals surface area contributed by atoms with Crippen molar-refractivity contribution in [2.24, 2.45) is 0 Å². The van der Waals surface area contributed by atoms with Gasteiger partial charge in [0.15, 0.2) is 0 Å². The Hall–Kier alpha value is -4.66. The van der Waals surface area contributed by atoms with Crippen LogP contribution in [0.25, 0.3) is 23.0 Å². The summed E-state index contributed by atoms with van der Waals surface area (Å²) < 4.78 is 20.6. The summed E-state index contributed by atoms with van der Waals surface area (Å²) in [5.74, 6) is -1.05. The van der Waals surface area contributed by atoms with Crippen LogP contribution in [0.4, 0.5) is 4.39 Å². The third-order valence-electron chi connectivity index (χ3n) is 5.85. The quantitative estimate of drug-likeness (QED) is 0.203. The fourth-order valence-corrected chi connectivity index (χ4v) is 4.39. The first-order valence-corrected chi connectivity index (χ1v) is 12.8. The van der Waals surface area contributed by atoms with Crippen molar-refractivity contribution in [2.45, 2.75) is 6.54 Å². The summed E-state index contributed by atoms with van der Waals surface area (Å²) >= 11 is 12.2. The lowest BCUT2D eigenvalue weighted by atomic mass is 10.1. The molecule has 0 spiro atoms. The van der Waals surface area contributed by atoms with Crippen molar-refractivity contribution < 1.29 is 18.4 Å². The first kappa shape index (κ1) is 26.9. The molecule has 0 saturated heterocycles. The summed E-state index contributed by atoms with van der Waals surface area (Å²) in [6.07, 6.45) is 4.72. The molecule has 5 rings (SSSR count). The third kappa shape index (κ3) is 6.31. The summed E-state index contributed by atoms with van der Waals surface area (Å²) in [5, 5.41) is 10.6. The number of carbonyl (C=O) groups is 2. The van der Waals surface area contributed by atoms with Crippen LogP contribution < -0.4 is 10.6 Å². The molecule has 2 aromatic heterocycles. The van der Waals surface area contributed by atoms with Crippen molar-refractivity contribution in [1.82, 2.24) is 20.4 Å². The van der Waals surface area contributed by atoms with E-state index in [-0.39, 0.29) is 22.8 Å². The molecule has 0 aliphatic rings. The number of amides is 2. The minimum Gasteiger partial charge on any atom is -0.467 e. The van der Waals surface area contributed by atoms with Gasteiger partial charge in [-0.1, -0.05) is 41.4 Å². The zero-order chi connectivity index (χ0) is 28.1. The average molecular weight is 575 g/mol. The van der Waals surface area contributed by atoms with Gasteiger partial charge in [0, 0.05) is 22.3 Å². The smallest absolute Gasteiger partial charge is 0.268 e. The lowest BCUT2D eigenvalue weighted by Crippen LogP contribution is -2.34. The molecular weight excluding hydrogens is 554 g/mol. The number of halogens is 3. The van der Waals surface area contributed by atoms with Crippen LogP contribution in [0.5, 0.6) is 0 Å². The van der Waals surface area contributed by atoms with Gasteiger partial charge in [0.05, 0.1) is 29.1 Å². The maximum absolute atomic E-state index is 13.7. The molecule has 2 heterocycles. The summed E-state index contributed by atoms with van der Waals surface area (Å²) in [4.78, 5) is 26.5. The van der Waals surface area contributed by atoms with Crippen molar-refractivity contribution >= 4 is 41.1 Å². The minimum atomic E-state index is -0.611. The van der Waals surface area contributed by atoms with Gasteiger partial charge in [-0.25, -0.2) is 9.07 Å². The van der Waals surface area contributed by atoms with Crippen LogP contribution in [0.2, 0.25) is 10.0 Å².